The number of aromatic nitrogens is 2. The Bertz CT molecular complexity index is 1330. The van der Waals surface area contributed by atoms with Crippen LogP contribution in [0.15, 0.2) is 22.6 Å². The smallest absolute Gasteiger partial charge is 0.291 e. The number of hydrogen-bond donors (Lipinski definition) is 2. The molecule has 2 N–H and O–H groups in total. The number of nitrogens with one attached hydrogen (secondary N) is 2. The van der Waals surface area contributed by atoms with Crippen LogP contribution in [-0.4, -0.2) is 62.2 Å². The summed E-state index contributed by atoms with van der Waals surface area (Å²) in [4.78, 5) is 23.9. The van der Waals surface area contributed by atoms with Gasteiger partial charge in [-0.3, -0.25) is 4.79 Å². The first-order chi connectivity index (χ1) is 18.5. The van der Waals surface area contributed by atoms with Crippen molar-refractivity contribution in [2.75, 3.05) is 52.0 Å². The number of anilines is 2. The number of amides is 1. The van der Waals surface area contributed by atoms with Crippen molar-refractivity contribution in [2.24, 2.45) is 0 Å². The molecular formula is C28H36ClN5O5. The molecule has 0 radical (unpaired) electrons. The summed E-state index contributed by atoms with van der Waals surface area (Å²) < 4.78 is 22.7. The van der Waals surface area contributed by atoms with Crippen molar-refractivity contribution in [1.82, 2.24) is 14.9 Å². The zero-order valence-corrected chi connectivity index (χ0v) is 24.3. The monoisotopic (exact) mass is 557 g/mol. The zero-order valence-electron chi connectivity index (χ0n) is 23.5. The van der Waals surface area contributed by atoms with E-state index in [9.17, 15) is 4.79 Å². The second-order valence-corrected chi connectivity index (χ2v) is 10.8. The molecule has 0 saturated heterocycles. The molecule has 0 aliphatic heterocycles. The first-order valence-corrected chi connectivity index (χ1v) is 13.2. The fraction of sp³-hybridized carbons (Fsp3) is 0.464. The predicted molar refractivity (Wildman–Crippen MR) is 151 cm³/mol. The molecule has 1 aromatic carbocycles. The van der Waals surface area contributed by atoms with Crippen LogP contribution in [0.1, 0.15) is 53.9 Å². The van der Waals surface area contributed by atoms with Gasteiger partial charge in [0.2, 0.25) is 17.7 Å². The van der Waals surface area contributed by atoms with E-state index in [0.717, 1.165) is 36.9 Å². The van der Waals surface area contributed by atoms with Crippen LogP contribution in [0.4, 0.5) is 11.6 Å². The fourth-order valence-corrected chi connectivity index (χ4v) is 5.26. The molecule has 210 valence electrons. The number of methoxy groups -OCH3 is 2. The van der Waals surface area contributed by atoms with Crippen LogP contribution in [0, 0.1) is 6.92 Å². The van der Waals surface area contributed by atoms with Gasteiger partial charge in [0.05, 0.1) is 19.2 Å². The Kier molecular flexibility index (Phi) is 8.56. The van der Waals surface area contributed by atoms with Crippen molar-refractivity contribution in [1.29, 1.82) is 0 Å². The summed E-state index contributed by atoms with van der Waals surface area (Å²) in [5, 5.41) is 6.39. The number of benzene rings is 1. The van der Waals surface area contributed by atoms with E-state index < -0.39 is 5.91 Å². The molecule has 1 aliphatic rings. The van der Waals surface area contributed by atoms with E-state index in [4.69, 9.17) is 30.2 Å². The van der Waals surface area contributed by atoms with E-state index in [-0.39, 0.29) is 34.6 Å². The topological polar surface area (TPSA) is 111 Å². The normalized spacial score (nSPS) is 13.8. The SMILES string of the molecule is COc1nc(NCCCN(C)C)nc(OC)c1NC(=O)c1ccc(Oc2c(Cl)cc(C)c3c2CCC3(C)C)o1. The van der Waals surface area contributed by atoms with Crippen molar-refractivity contribution in [3.63, 3.8) is 0 Å². The third-order valence-electron chi connectivity index (χ3n) is 6.75. The minimum Gasteiger partial charge on any atom is -0.479 e. The number of fused-ring (bicyclic) bond motifs is 1. The highest BCUT2D eigenvalue weighted by molar-refractivity contribution is 6.32. The lowest BCUT2D eigenvalue weighted by Crippen LogP contribution is -2.18. The lowest BCUT2D eigenvalue weighted by atomic mass is 9.84. The van der Waals surface area contributed by atoms with E-state index >= 15 is 0 Å². The Morgan fingerprint density at radius 2 is 1.87 bits per heavy atom. The van der Waals surface area contributed by atoms with Crippen LogP contribution < -0.4 is 24.8 Å². The average molecular weight is 558 g/mol. The number of nitrogens with zero attached hydrogens (tertiary/aromatic N) is 3. The van der Waals surface area contributed by atoms with Gasteiger partial charge in [0.15, 0.2) is 17.2 Å². The Morgan fingerprint density at radius 1 is 1.18 bits per heavy atom. The standard InChI is InChI=1S/C28H36ClN5O5/c1-16-15-18(29)23(17-11-12-28(2,3)21(16)17)39-20-10-9-19(38-20)24(35)31-22-25(36-6)32-27(33-26(22)37-7)30-13-8-14-34(4)5/h9-10,15H,8,11-14H2,1-7H3,(H,31,35)(H,30,32,33). The van der Waals surface area contributed by atoms with Crippen LogP contribution in [0.25, 0.3) is 0 Å². The molecule has 0 bridgehead atoms. The highest BCUT2D eigenvalue weighted by Crippen LogP contribution is 2.48. The van der Waals surface area contributed by atoms with Crippen molar-refractivity contribution < 1.29 is 23.4 Å². The van der Waals surface area contributed by atoms with E-state index in [0.29, 0.717) is 23.3 Å². The summed E-state index contributed by atoms with van der Waals surface area (Å²) in [6, 6.07) is 5.03. The van der Waals surface area contributed by atoms with Gasteiger partial charge in [-0.2, -0.15) is 9.97 Å². The van der Waals surface area contributed by atoms with Gasteiger partial charge in [0.1, 0.15) is 0 Å². The van der Waals surface area contributed by atoms with Gasteiger partial charge in [-0.05, 0) is 75.5 Å². The number of hydrogen-bond acceptors (Lipinski definition) is 9. The Morgan fingerprint density at radius 3 is 2.51 bits per heavy atom. The molecule has 10 nitrogen and oxygen atoms in total. The second kappa shape index (κ2) is 11.7. The van der Waals surface area contributed by atoms with Gasteiger partial charge in [-0.25, -0.2) is 0 Å². The maximum absolute atomic E-state index is 13.1. The third-order valence-corrected chi connectivity index (χ3v) is 7.03. The fourth-order valence-electron chi connectivity index (χ4n) is 4.95. The molecule has 4 rings (SSSR count). The first-order valence-electron chi connectivity index (χ1n) is 12.8. The van der Waals surface area contributed by atoms with Gasteiger partial charge >= 0.3 is 0 Å². The second-order valence-electron chi connectivity index (χ2n) is 10.4. The van der Waals surface area contributed by atoms with Crippen molar-refractivity contribution in [3.8, 4) is 23.5 Å². The molecule has 0 atom stereocenters. The lowest BCUT2D eigenvalue weighted by Gasteiger charge is -2.22. The number of rotatable bonds is 11. The molecule has 2 aromatic heterocycles. The first kappa shape index (κ1) is 28.5. The highest BCUT2D eigenvalue weighted by Gasteiger charge is 2.35. The molecule has 0 unspecified atom stereocenters. The Balaban J connectivity index is 1.51. The summed E-state index contributed by atoms with van der Waals surface area (Å²) in [6.45, 7) is 8.09. The molecule has 1 aliphatic carbocycles. The molecule has 3 aromatic rings. The van der Waals surface area contributed by atoms with E-state index in [2.05, 4.69) is 46.3 Å². The van der Waals surface area contributed by atoms with Crippen LogP contribution in [0.3, 0.4) is 0 Å². The van der Waals surface area contributed by atoms with Gasteiger partial charge in [0.25, 0.3) is 11.9 Å². The summed E-state index contributed by atoms with van der Waals surface area (Å²) in [5.41, 5.74) is 3.69. The van der Waals surface area contributed by atoms with E-state index in [1.165, 1.54) is 25.8 Å². The van der Waals surface area contributed by atoms with E-state index in [1.54, 1.807) is 6.07 Å². The molecule has 11 heteroatoms. The Labute approximate surface area is 234 Å². The molecule has 0 fully saturated rings. The summed E-state index contributed by atoms with van der Waals surface area (Å²) in [5.74, 6) is 0.842. The minimum absolute atomic E-state index is 0.0280. The molecule has 0 spiro atoms. The number of aryl methyl sites for hydroxylation is 1. The predicted octanol–water partition coefficient (Wildman–Crippen LogP) is 5.68. The average Bonchev–Trinajstić information content (AvgIpc) is 3.48. The van der Waals surface area contributed by atoms with Crippen molar-refractivity contribution in [2.45, 2.75) is 45.4 Å². The van der Waals surface area contributed by atoms with Crippen molar-refractivity contribution >= 4 is 29.1 Å². The van der Waals surface area contributed by atoms with Crippen LogP contribution in [0.2, 0.25) is 5.02 Å². The van der Waals surface area contributed by atoms with E-state index in [1.807, 2.05) is 20.2 Å². The van der Waals surface area contributed by atoms with Crippen LogP contribution in [-0.2, 0) is 11.8 Å². The number of furan rings is 1. The summed E-state index contributed by atoms with van der Waals surface area (Å²) in [7, 11) is 6.94. The molecular weight excluding hydrogens is 522 g/mol. The summed E-state index contributed by atoms with van der Waals surface area (Å²) in [6.07, 6.45) is 2.76. The maximum atomic E-state index is 13.1. The lowest BCUT2D eigenvalue weighted by molar-refractivity contribution is 0.0990. The van der Waals surface area contributed by atoms with Gasteiger partial charge in [0, 0.05) is 18.2 Å². The van der Waals surface area contributed by atoms with Gasteiger partial charge in [-0.15, -0.1) is 0 Å². The van der Waals surface area contributed by atoms with Crippen LogP contribution in [0.5, 0.6) is 23.5 Å². The van der Waals surface area contributed by atoms with Gasteiger partial charge < -0.3 is 34.2 Å². The minimum atomic E-state index is -0.543. The van der Waals surface area contributed by atoms with Crippen LogP contribution >= 0.6 is 11.6 Å². The number of carbonyl (C=O) groups is 1. The number of ether oxygens (including phenoxy) is 3. The van der Waals surface area contributed by atoms with Gasteiger partial charge in [-0.1, -0.05) is 25.4 Å². The third kappa shape index (κ3) is 6.23. The molecule has 0 saturated carbocycles. The maximum Gasteiger partial charge on any atom is 0.291 e. The highest BCUT2D eigenvalue weighted by atomic mass is 35.5. The number of halogens is 1. The molecule has 39 heavy (non-hydrogen) atoms. The summed E-state index contributed by atoms with van der Waals surface area (Å²) >= 11 is 6.57. The zero-order chi connectivity index (χ0) is 28.3. The Hall–Kier alpha value is -3.50. The largest absolute Gasteiger partial charge is 0.479 e. The quantitative estimate of drug-likeness (QED) is 0.287. The van der Waals surface area contributed by atoms with Crippen molar-refractivity contribution in [3.05, 3.63) is 45.7 Å². The number of carbonyl (C=O) groups excluding carboxylic acids is 1. The molecule has 2 heterocycles. The molecule has 1 amide bonds.